The first-order valence-corrected chi connectivity index (χ1v) is 9.15. The Hall–Kier alpha value is -3.11. The molecule has 11 heteroatoms. The number of hydrogen-bond donors (Lipinski definition) is 4. The largest absolute Gasteiger partial charge is 0.330 e. The highest BCUT2D eigenvalue weighted by atomic mass is 35.5. The third kappa shape index (κ3) is 6.77. The van der Waals surface area contributed by atoms with Gasteiger partial charge in [0.1, 0.15) is 11.6 Å². The summed E-state index contributed by atoms with van der Waals surface area (Å²) in [6.45, 7) is 0. The van der Waals surface area contributed by atoms with Crippen LogP contribution in [0, 0.1) is 5.92 Å². The Bertz CT molecular complexity index is 853. The Morgan fingerprint density at radius 3 is 2.41 bits per heavy atom. The lowest BCUT2D eigenvalue weighted by atomic mass is 9.82. The molecule has 1 aliphatic rings. The lowest BCUT2D eigenvalue weighted by molar-refractivity contribution is -0.139. The molecule has 1 atom stereocenters. The summed E-state index contributed by atoms with van der Waals surface area (Å²) in [6, 6.07) is 6.51. The zero-order valence-corrected chi connectivity index (χ0v) is 16.1. The molecule has 1 aromatic carbocycles. The van der Waals surface area contributed by atoms with E-state index < -0.39 is 17.7 Å². The van der Waals surface area contributed by atoms with Crippen LogP contribution in [0.1, 0.15) is 32.1 Å². The van der Waals surface area contributed by atoms with Crippen molar-refractivity contribution in [3.63, 3.8) is 0 Å². The first kappa shape index (κ1) is 22.2. The van der Waals surface area contributed by atoms with Crippen LogP contribution >= 0.6 is 11.6 Å². The number of benzene rings is 1. The van der Waals surface area contributed by atoms with Crippen molar-refractivity contribution in [3.05, 3.63) is 29.3 Å². The molecule has 0 radical (unpaired) electrons. The number of hydrazone groups is 1. The van der Waals surface area contributed by atoms with Gasteiger partial charge in [0.2, 0.25) is 5.91 Å². The number of hydrogen-bond acceptors (Lipinski definition) is 7. The van der Waals surface area contributed by atoms with Gasteiger partial charge < -0.3 is 5.32 Å². The second-order valence-electron chi connectivity index (χ2n) is 6.33. The molecule has 1 unspecified atom stereocenters. The van der Waals surface area contributed by atoms with Crippen LogP contribution in [0.5, 0.6) is 0 Å². The van der Waals surface area contributed by atoms with Gasteiger partial charge in [0, 0.05) is 42.1 Å². The first-order valence-electron chi connectivity index (χ1n) is 8.77. The van der Waals surface area contributed by atoms with Gasteiger partial charge in [-0.25, -0.2) is 11.3 Å². The normalized spacial score (nSPS) is 17.5. The van der Waals surface area contributed by atoms with Crippen LogP contribution in [0.3, 0.4) is 0 Å². The van der Waals surface area contributed by atoms with E-state index in [1.807, 2.05) is 5.43 Å². The minimum Gasteiger partial charge on any atom is -0.326 e. The van der Waals surface area contributed by atoms with Crippen molar-refractivity contribution in [2.75, 3.05) is 5.32 Å². The zero-order chi connectivity index (χ0) is 21.4. The molecule has 2 rings (SSSR count). The quantitative estimate of drug-likeness (QED) is 0.226. The summed E-state index contributed by atoms with van der Waals surface area (Å²) in [7, 11) is 0. The summed E-state index contributed by atoms with van der Waals surface area (Å²) in [5, 5.41) is 6.98. The molecule has 3 amide bonds. The molecule has 0 aliphatic heterocycles. The molecule has 1 aromatic rings. The van der Waals surface area contributed by atoms with Crippen LogP contribution < -0.4 is 22.0 Å². The summed E-state index contributed by atoms with van der Waals surface area (Å²) in [5.41, 5.74) is 4.49. The van der Waals surface area contributed by atoms with Crippen LogP contribution in [-0.2, 0) is 24.0 Å². The predicted octanol–water partition coefficient (Wildman–Crippen LogP) is 0.459. The molecule has 0 spiro atoms. The molecule has 0 bridgehead atoms. The van der Waals surface area contributed by atoms with E-state index in [1.165, 1.54) is 0 Å². The highest BCUT2D eigenvalue weighted by Crippen LogP contribution is 2.22. The van der Waals surface area contributed by atoms with E-state index in [0.29, 0.717) is 10.7 Å². The van der Waals surface area contributed by atoms with Crippen LogP contribution in [0.2, 0.25) is 5.02 Å². The minimum atomic E-state index is -1.09. The first-order chi connectivity index (χ1) is 13.8. The highest BCUT2D eigenvalue weighted by Gasteiger charge is 2.31. The molecular formula is C18H20ClN5O5. The van der Waals surface area contributed by atoms with Crippen molar-refractivity contribution >= 4 is 52.3 Å². The molecule has 1 saturated carbocycles. The van der Waals surface area contributed by atoms with Crippen LogP contribution in [0.15, 0.2) is 29.4 Å². The molecule has 0 heterocycles. The molecule has 0 saturated heterocycles. The van der Waals surface area contributed by atoms with Gasteiger partial charge in [-0.05, 0) is 30.7 Å². The van der Waals surface area contributed by atoms with E-state index in [1.54, 1.807) is 29.7 Å². The number of halogens is 1. The summed E-state index contributed by atoms with van der Waals surface area (Å²) >= 11 is 5.78. The second kappa shape index (κ2) is 10.4. The fraction of sp³-hybridized carbons (Fsp3) is 0.333. The third-order valence-electron chi connectivity index (χ3n) is 4.25. The number of amides is 3. The van der Waals surface area contributed by atoms with Gasteiger partial charge in [0.05, 0.1) is 5.92 Å². The van der Waals surface area contributed by atoms with Crippen molar-refractivity contribution in [1.29, 1.82) is 0 Å². The minimum absolute atomic E-state index is 0.0601. The van der Waals surface area contributed by atoms with E-state index in [2.05, 4.69) is 10.4 Å². The molecule has 154 valence electrons. The monoisotopic (exact) mass is 421 g/mol. The molecule has 0 aromatic heterocycles. The smallest absolute Gasteiger partial charge is 0.326 e. The van der Waals surface area contributed by atoms with Crippen LogP contribution in [0.4, 0.5) is 5.69 Å². The van der Waals surface area contributed by atoms with Crippen LogP contribution in [0.25, 0.3) is 0 Å². The number of ketones is 2. The molecule has 1 fully saturated rings. The maximum Gasteiger partial charge on any atom is 0.330 e. The fourth-order valence-corrected chi connectivity index (χ4v) is 2.86. The standard InChI is InChI=1S/C18H20ClN5O5/c19-10-1-3-11(4-2-10)21-16(27)8-7-15(26)13-9-12(25)5-6-14(13)23-24-18(29)17(28)22-20/h1-4,13H,5-9,20H2,(H,21,27)(H,22,28)(H,24,29). The van der Waals surface area contributed by atoms with E-state index in [4.69, 9.17) is 17.4 Å². The van der Waals surface area contributed by atoms with Gasteiger partial charge in [-0.1, -0.05) is 11.6 Å². The van der Waals surface area contributed by atoms with Crippen molar-refractivity contribution in [2.24, 2.45) is 16.9 Å². The fourth-order valence-electron chi connectivity index (χ4n) is 2.73. The number of carbonyl (C=O) groups is 5. The van der Waals surface area contributed by atoms with Gasteiger partial charge in [-0.15, -0.1) is 0 Å². The molecule has 5 N–H and O–H groups in total. The van der Waals surface area contributed by atoms with Crippen molar-refractivity contribution < 1.29 is 24.0 Å². The summed E-state index contributed by atoms with van der Waals surface area (Å²) < 4.78 is 0. The summed E-state index contributed by atoms with van der Waals surface area (Å²) in [5.74, 6) is 0.995. The lowest BCUT2D eigenvalue weighted by Crippen LogP contribution is -2.42. The molecule has 10 nitrogen and oxygen atoms in total. The van der Waals surface area contributed by atoms with Gasteiger partial charge >= 0.3 is 11.8 Å². The van der Waals surface area contributed by atoms with Gasteiger partial charge in [0.25, 0.3) is 0 Å². The third-order valence-corrected chi connectivity index (χ3v) is 4.50. The van der Waals surface area contributed by atoms with Crippen molar-refractivity contribution in [3.8, 4) is 0 Å². The Morgan fingerprint density at radius 2 is 1.76 bits per heavy atom. The van der Waals surface area contributed by atoms with Crippen molar-refractivity contribution in [1.82, 2.24) is 10.9 Å². The zero-order valence-electron chi connectivity index (χ0n) is 15.4. The number of rotatable bonds is 6. The molecule has 29 heavy (non-hydrogen) atoms. The Morgan fingerprint density at radius 1 is 1.07 bits per heavy atom. The number of carbonyl (C=O) groups excluding carboxylic acids is 5. The molecular weight excluding hydrogens is 402 g/mol. The number of nitrogens with one attached hydrogen (secondary N) is 3. The summed E-state index contributed by atoms with van der Waals surface area (Å²) in [4.78, 5) is 58.9. The van der Waals surface area contributed by atoms with Crippen LogP contribution in [-0.4, -0.2) is 35.0 Å². The Kier molecular flexibility index (Phi) is 7.98. The van der Waals surface area contributed by atoms with Gasteiger partial charge in [-0.3, -0.25) is 29.4 Å². The second-order valence-corrected chi connectivity index (χ2v) is 6.77. The highest BCUT2D eigenvalue weighted by molar-refractivity contribution is 6.35. The SMILES string of the molecule is NNC(=O)C(=O)NN=C1CCC(=O)CC1C(=O)CCC(=O)Nc1ccc(Cl)cc1. The Labute approximate surface area is 171 Å². The topological polar surface area (TPSA) is 160 Å². The van der Waals surface area contributed by atoms with E-state index >= 15 is 0 Å². The maximum absolute atomic E-state index is 12.5. The number of Topliss-reactive ketones (excluding diaryl/α,β-unsaturated/α-hetero) is 2. The summed E-state index contributed by atoms with van der Waals surface area (Å²) in [6.07, 6.45) is 0.111. The predicted molar refractivity (Wildman–Crippen MR) is 105 cm³/mol. The molecule has 1 aliphatic carbocycles. The lowest BCUT2D eigenvalue weighted by Gasteiger charge is -2.22. The van der Waals surface area contributed by atoms with E-state index in [9.17, 15) is 24.0 Å². The van der Waals surface area contributed by atoms with Gasteiger partial charge in [-0.2, -0.15) is 5.10 Å². The number of nitrogens with zero attached hydrogens (tertiary/aromatic N) is 1. The number of anilines is 1. The Balaban J connectivity index is 1.95. The maximum atomic E-state index is 12.5. The van der Waals surface area contributed by atoms with Crippen molar-refractivity contribution in [2.45, 2.75) is 32.1 Å². The van der Waals surface area contributed by atoms with Gasteiger partial charge in [0.15, 0.2) is 0 Å². The average Bonchev–Trinajstić information content (AvgIpc) is 2.71. The van der Waals surface area contributed by atoms with E-state index in [0.717, 1.165) is 0 Å². The average molecular weight is 422 g/mol. The van der Waals surface area contributed by atoms with E-state index in [-0.39, 0.29) is 55.3 Å². The number of hydrazine groups is 1. The number of nitrogens with two attached hydrogens (primary N) is 1.